The number of benzene rings is 4. The minimum absolute atomic E-state index is 0.0484. The second kappa shape index (κ2) is 54.7. The van der Waals surface area contributed by atoms with E-state index in [0.29, 0.717) is 90.3 Å². The van der Waals surface area contributed by atoms with Gasteiger partial charge in [-0.05, 0) is 114 Å². The first-order chi connectivity index (χ1) is 60.0. The van der Waals surface area contributed by atoms with Gasteiger partial charge in [-0.3, -0.25) is 18.2 Å². The highest BCUT2D eigenvalue weighted by Gasteiger charge is 2.55. The largest absolute Gasteiger partial charge is 0.469 e. The van der Waals surface area contributed by atoms with Gasteiger partial charge in [-0.1, -0.05) is 228 Å². The predicted molar refractivity (Wildman–Crippen MR) is 510 cm³/mol. The molecule has 27 nitrogen and oxygen atoms in total. The Morgan fingerprint density at radius 3 is 0.752 bits per heavy atom. The lowest BCUT2D eigenvalue weighted by molar-refractivity contribution is -0.0118. The van der Waals surface area contributed by atoms with Crippen LogP contribution >= 0.6 is 75.5 Å². The van der Waals surface area contributed by atoms with Crippen molar-refractivity contribution >= 4 is 120 Å². The van der Waals surface area contributed by atoms with Crippen LogP contribution in [0.25, 0.3) is 0 Å². The average molecular weight is 1980 g/mol. The van der Waals surface area contributed by atoms with Crippen molar-refractivity contribution in [2.45, 2.75) is 257 Å². The van der Waals surface area contributed by atoms with Crippen LogP contribution in [0.2, 0.25) is 0 Å². The lowest BCUT2D eigenvalue weighted by atomic mass is 10.1. The van der Waals surface area contributed by atoms with E-state index in [1.165, 1.54) is 21.2 Å². The Hall–Kier alpha value is -0.1000. The number of phosphoric ester groups is 2. The van der Waals surface area contributed by atoms with Crippen LogP contribution in [0.4, 0.5) is 0 Å². The highest BCUT2D eigenvalue weighted by atomic mass is 32.4. The summed E-state index contributed by atoms with van der Waals surface area (Å²) in [5, 5.41) is 4.74. The zero-order valence-corrected chi connectivity index (χ0v) is 85.6. The van der Waals surface area contributed by atoms with Crippen molar-refractivity contribution in [2.75, 3.05) is 140 Å². The van der Waals surface area contributed by atoms with Gasteiger partial charge in [-0.15, -0.1) is 0 Å². The first-order valence-electron chi connectivity index (χ1n) is 45.1. The maximum atomic E-state index is 13.0. The minimum atomic E-state index is -4.52. The smallest absolute Gasteiger partial charge is 0.370 e. The highest BCUT2D eigenvalue weighted by molar-refractivity contribution is 8.12. The summed E-state index contributed by atoms with van der Waals surface area (Å²) < 4.78 is 160. The van der Waals surface area contributed by atoms with Gasteiger partial charge in [0.1, 0.15) is 97.7 Å². The van der Waals surface area contributed by atoms with Crippen molar-refractivity contribution < 1.29 is 126 Å². The molecule has 4 aromatic rings. The Balaban J connectivity index is 0.000000181. The molecule has 0 spiro atoms. The molecule has 9 aliphatic rings. The topological polar surface area (TPSA) is 325 Å². The first-order valence-corrected chi connectivity index (χ1v) is 64.1. The van der Waals surface area contributed by atoms with Gasteiger partial charge in [0.15, 0.2) is 0 Å². The Morgan fingerprint density at radius 1 is 0.312 bits per heavy atom. The van der Waals surface area contributed by atoms with Crippen molar-refractivity contribution in [3.8, 4) is 0 Å². The first kappa shape index (κ1) is 109. The number of phosphoric acid groups is 2. The molecule has 0 saturated carbocycles. The number of rotatable bonds is 46. The Morgan fingerprint density at radius 2 is 0.528 bits per heavy atom. The standard InChI is InChI=1S/C30H28O4P2.C18H36O6P2.C18H36O4P2S2.C14H28O4P2.C6H14O9P2/c1-5-13-23(14-6-1)35(24-15-7-2-8-16-24)33-27-21-31-30-28(22-32-29(27)30)34-36(25-17-9-3-10-18-25)26-19-11-4-12-20-26;1-5-9-25(19,10-6-2)23-15-13-21-18-16(14-22-17(15)18)24-26(20,11-7-3)12-8-4;1-5-9-23(25,10-6-2)21-15-13-19-18-16(14-20-17(15)18)22-24(26,11-7-3)12-8-4;1-5-19(6-2)17-11-9-15-14-12(10-16-13(11)14)18-20(7-3)8-4;7-16(8,9)13-3-5-1-2-6(15-5)4-14-17(10,11)12/h1-20,27-30H,21-22H2;2*15-18H,5-14H2,1-4H3;11-14H,5-10H2,1-4H3;5-6H,1-4H2,(H2,7,8,9)(H2,10,11,12). The number of ether oxygens (including phenoxy) is 9. The van der Waals surface area contributed by atoms with E-state index in [4.69, 9.17) is 122 Å². The molecule has 0 bridgehead atoms. The fourth-order valence-electron chi connectivity index (χ4n) is 16.6. The van der Waals surface area contributed by atoms with Gasteiger partial charge in [0.2, 0.25) is 14.7 Å². The summed E-state index contributed by atoms with van der Waals surface area (Å²) in [6.07, 6.45) is 13.2. The fraction of sp³-hybridized carbons (Fsp3) is 0.721. The molecule has 125 heavy (non-hydrogen) atoms. The zero-order chi connectivity index (χ0) is 90.2. The molecule has 0 aliphatic carbocycles. The van der Waals surface area contributed by atoms with Crippen LogP contribution in [0, 0.1) is 0 Å². The van der Waals surface area contributed by atoms with Gasteiger partial charge in [0.05, 0.1) is 107 Å². The van der Waals surface area contributed by atoms with Crippen LogP contribution < -0.4 is 21.2 Å². The molecule has 0 aromatic heterocycles. The molecule has 9 aliphatic heterocycles. The van der Waals surface area contributed by atoms with Crippen LogP contribution in [-0.2, 0) is 130 Å². The molecular formula is C86H142O27P10S2. The lowest BCUT2D eigenvalue weighted by Gasteiger charge is -2.28. The average Bonchev–Trinajstić information content (AvgIpc) is 1.62. The van der Waals surface area contributed by atoms with Crippen molar-refractivity contribution in [2.24, 2.45) is 0 Å². The minimum Gasteiger partial charge on any atom is -0.370 e. The van der Waals surface area contributed by atoms with Gasteiger partial charge in [-0.2, -0.15) is 0 Å². The number of hydrogen-bond donors (Lipinski definition) is 4. The molecule has 4 N–H and O–H groups in total. The van der Waals surface area contributed by atoms with E-state index in [0.717, 1.165) is 101 Å². The Labute approximate surface area is 759 Å². The molecule has 710 valence electrons. The molecule has 39 heteroatoms. The summed E-state index contributed by atoms with van der Waals surface area (Å²) in [4.78, 5) is 33.8. The normalized spacial score (nSPS) is 27.8. The maximum Gasteiger partial charge on any atom is 0.469 e. The van der Waals surface area contributed by atoms with E-state index in [2.05, 4.69) is 161 Å². The molecule has 0 radical (unpaired) electrons. The number of fused-ring (bicyclic) bond motifs is 4. The monoisotopic (exact) mass is 1980 g/mol. The fourth-order valence-corrected chi connectivity index (χ4v) is 36.4. The van der Waals surface area contributed by atoms with E-state index < -0.39 is 71.4 Å². The van der Waals surface area contributed by atoms with Crippen LogP contribution in [0.3, 0.4) is 0 Å². The summed E-state index contributed by atoms with van der Waals surface area (Å²) in [7, 11) is -17.0. The van der Waals surface area contributed by atoms with Gasteiger partial charge < -0.3 is 98.4 Å². The molecule has 9 fully saturated rings. The second-order valence-electron chi connectivity index (χ2n) is 32.3. The Bertz CT molecular complexity index is 3540. The van der Waals surface area contributed by atoms with E-state index >= 15 is 0 Å². The molecule has 18 atom stereocenters. The van der Waals surface area contributed by atoms with Crippen LogP contribution in [0.1, 0.15) is 147 Å². The van der Waals surface area contributed by atoms with E-state index in [-0.39, 0.29) is 127 Å². The molecular weight excluding hydrogens is 1840 g/mol. The van der Waals surface area contributed by atoms with Crippen LogP contribution in [-0.4, -0.2) is 269 Å². The highest BCUT2D eigenvalue weighted by Crippen LogP contribution is 2.58. The summed E-state index contributed by atoms with van der Waals surface area (Å²) >= 11 is 11.8. The summed E-state index contributed by atoms with van der Waals surface area (Å²) in [6, 6.07) is 41.8. The maximum absolute atomic E-state index is 13.0. The SMILES string of the molecule is CCCP(=O)(CCC)OC1COC2C(OP(=O)(CCC)CCC)COC12.CCCP(=S)(CCC)OC1COC2C(OP(=S)(CCC)CCC)COC12.CCP(CC)OC1COC2C(OP(CC)CC)COC12.O=P(O)(O)OCC1CCC(COP(=O)(O)O)O1.c1ccc(P(OC2COC3C(OP(c4ccccc4)c4ccccc4)COC23)c2ccccc2)cc1. The van der Waals surface area contributed by atoms with E-state index in [1.807, 2.05) is 52.0 Å². The predicted octanol–water partition coefficient (Wildman–Crippen LogP) is 17.6. The quantitative estimate of drug-likeness (QED) is 0.0299. The van der Waals surface area contributed by atoms with Gasteiger partial charge in [0.25, 0.3) is 0 Å². The summed E-state index contributed by atoms with van der Waals surface area (Å²) in [5.74, 6) is 0. The third kappa shape index (κ3) is 33.9. The molecule has 9 heterocycles. The van der Waals surface area contributed by atoms with Gasteiger partial charge in [-0.25, -0.2) is 9.13 Å². The molecule has 9 saturated heterocycles. The molecule has 4 aromatic carbocycles. The van der Waals surface area contributed by atoms with Crippen molar-refractivity contribution in [1.29, 1.82) is 0 Å². The molecule has 0 amide bonds. The molecule has 13 rings (SSSR count). The second-order valence-corrected chi connectivity index (χ2v) is 58.2. The third-order valence-electron chi connectivity index (χ3n) is 22.2. The van der Waals surface area contributed by atoms with Crippen LogP contribution in [0.15, 0.2) is 121 Å². The zero-order valence-electron chi connectivity index (χ0n) is 75.0. The van der Waals surface area contributed by atoms with Crippen LogP contribution in [0.5, 0.6) is 0 Å². The third-order valence-corrected chi connectivity index (χ3v) is 45.5. The van der Waals surface area contributed by atoms with E-state index in [1.54, 1.807) is 0 Å². The van der Waals surface area contributed by atoms with E-state index in [9.17, 15) is 18.3 Å². The molecule has 18 unspecified atom stereocenters. The number of hydrogen-bond acceptors (Lipinski definition) is 25. The van der Waals surface area contributed by atoms with Crippen molar-refractivity contribution in [1.82, 2.24) is 0 Å². The van der Waals surface area contributed by atoms with Gasteiger partial charge in [0, 0.05) is 62.2 Å². The summed E-state index contributed by atoms with van der Waals surface area (Å²) in [5.41, 5.74) is 0. The lowest BCUT2D eigenvalue weighted by Crippen LogP contribution is -2.34. The Kier molecular flexibility index (Phi) is 47.5. The summed E-state index contributed by atoms with van der Waals surface area (Å²) in [6.45, 7) is 29.2. The van der Waals surface area contributed by atoms with Gasteiger partial charge >= 0.3 is 15.6 Å². The van der Waals surface area contributed by atoms with Crippen molar-refractivity contribution in [3.05, 3.63) is 121 Å². The van der Waals surface area contributed by atoms with Crippen molar-refractivity contribution in [3.63, 3.8) is 0 Å².